The van der Waals surface area contributed by atoms with Crippen molar-refractivity contribution in [2.24, 2.45) is 5.92 Å². The molecular weight excluding hydrogens is 352 g/mol. The van der Waals surface area contributed by atoms with E-state index in [1.54, 1.807) is 22.7 Å². The van der Waals surface area contributed by atoms with Crippen LogP contribution in [0.2, 0.25) is 0 Å². The van der Waals surface area contributed by atoms with E-state index in [1.165, 1.54) is 28.1 Å². The van der Waals surface area contributed by atoms with Crippen LogP contribution in [0.15, 0.2) is 24.3 Å². The summed E-state index contributed by atoms with van der Waals surface area (Å²) in [6.45, 7) is 1.47. The van der Waals surface area contributed by atoms with Crippen LogP contribution in [-0.4, -0.2) is 29.0 Å². The van der Waals surface area contributed by atoms with Crippen LogP contribution in [0.4, 0.5) is 10.3 Å². The normalized spacial score (nSPS) is 17.4. The maximum absolute atomic E-state index is 12.5. The molecule has 25 heavy (non-hydrogen) atoms. The highest BCUT2D eigenvalue weighted by molar-refractivity contribution is 7.22. The first-order valence-electron chi connectivity index (χ1n) is 8.66. The van der Waals surface area contributed by atoms with Crippen molar-refractivity contribution in [1.82, 2.24) is 9.97 Å². The summed E-state index contributed by atoms with van der Waals surface area (Å²) < 4.78 is 1.19. The highest BCUT2D eigenvalue weighted by Gasteiger charge is 2.35. The molecule has 1 aliphatic carbocycles. The van der Waals surface area contributed by atoms with Gasteiger partial charge in [-0.1, -0.05) is 23.5 Å². The van der Waals surface area contributed by atoms with Crippen molar-refractivity contribution in [3.63, 3.8) is 0 Å². The van der Waals surface area contributed by atoms with Crippen molar-refractivity contribution < 1.29 is 4.79 Å². The monoisotopic (exact) mass is 370 g/mol. The van der Waals surface area contributed by atoms with Crippen LogP contribution in [0, 0.1) is 5.92 Å². The first-order valence-corrected chi connectivity index (χ1v) is 10.3. The fourth-order valence-electron chi connectivity index (χ4n) is 3.41. The largest absolute Gasteiger partial charge is 0.346 e. The molecular formula is C18H18N4OS2. The molecule has 1 aliphatic heterocycles. The highest BCUT2D eigenvalue weighted by atomic mass is 32.1. The van der Waals surface area contributed by atoms with Crippen molar-refractivity contribution in [3.05, 3.63) is 34.8 Å². The van der Waals surface area contributed by atoms with Gasteiger partial charge in [-0.3, -0.25) is 4.79 Å². The molecule has 1 amide bonds. The molecule has 0 unspecified atom stereocenters. The lowest BCUT2D eigenvalue weighted by molar-refractivity contribution is -0.120. The summed E-state index contributed by atoms with van der Waals surface area (Å²) in [5.74, 6) is 0.108. The van der Waals surface area contributed by atoms with Crippen LogP contribution in [-0.2, 0) is 17.6 Å². The van der Waals surface area contributed by atoms with Gasteiger partial charge in [0.2, 0.25) is 5.91 Å². The van der Waals surface area contributed by atoms with Gasteiger partial charge in [0.25, 0.3) is 0 Å². The standard InChI is InChI=1S/C18H18N4OS2/c23-16(21-17-19-12-5-1-3-7-14(12)24-17)11-9-22(10-11)18-20-13-6-2-4-8-15(13)25-18/h2,4,6,8,11H,1,3,5,7,9-10H2,(H,19,21,23). The van der Waals surface area contributed by atoms with Crippen LogP contribution >= 0.6 is 22.7 Å². The predicted octanol–water partition coefficient (Wildman–Crippen LogP) is 3.71. The Bertz CT molecular complexity index is 885. The van der Waals surface area contributed by atoms with E-state index in [0.29, 0.717) is 0 Å². The summed E-state index contributed by atoms with van der Waals surface area (Å²) in [6, 6.07) is 8.16. The molecule has 0 atom stereocenters. The molecule has 7 heteroatoms. The van der Waals surface area contributed by atoms with Crippen LogP contribution < -0.4 is 10.2 Å². The van der Waals surface area contributed by atoms with Gasteiger partial charge >= 0.3 is 0 Å². The Morgan fingerprint density at radius 2 is 1.96 bits per heavy atom. The Labute approximate surface area is 153 Å². The summed E-state index contributed by atoms with van der Waals surface area (Å²) in [4.78, 5) is 25.3. The predicted molar refractivity (Wildman–Crippen MR) is 103 cm³/mol. The molecule has 0 bridgehead atoms. The number of benzene rings is 1. The maximum Gasteiger partial charge on any atom is 0.232 e. The van der Waals surface area contributed by atoms with Gasteiger partial charge in [-0.2, -0.15) is 0 Å². The van der Waals surface area contributed by atoms with Gasteiger partial charge in [0.1, 0.15) is 0 Å². The van der Waals surface area contributed by atoms with E-state index in [0.717, 1.165) is 41.7 Å². The number of carbonyl (C=O) groups is 1. The first-order chi connectivity index (χ1) is 12.3. The second kappa shape index (κ2) is 6.07. The van der Waals surface area contributed by atoms with Gasteiger partial charge in [0.15, 0.2) is 10.3 Å². The Hall–Kier alpha value is -1.99. The van der Waals surface area contributed by atoms with Crippen LogP contribution in [0.1, 0.15) is 23.4 Å². The molecule has 2 aliphatic rings. The molecule has 1 N–H and O–H groups in total. The van der Waals surface area contributed by atoms with Crippen molar-refractivity contribution in [2.75, 3.05) is 23.3 Å². The summed E-state index contributed by atoms with van der Waals surface area (Å²) in [5, 5.41) is 4.81. The number of aryl methyl sites for hydroxylation is 2. The number of carbonyl (C=O) groups excluding carboxylic acids is 1. The topological polar surface area (TPSA) is 58.1 Å². The fourth-order valence-corrected chi connectivity index (χ4v) is 5.45. The molecule has 0 spiro atoms. The summed E-state index contributed by atoms with van der Waals surface area (Å²) in [5.41, 5.74) is 2.22. The molecule has 5 nitrogen and oxygen atoms in total. The summed E-state index contributed by atoms with van der Waals surface area (Å²) in [7, 11) is 0. The molecule has 3 heterocycles. The fraction of sp³-hybridized carbons (Fsp3) is 0.389. The minimum Gasteiger partial charge on any atom is -0.346 e. The summed E-state index contributed by atoms with van der Waals surface area (Å²) in [6.07, 6.45) is 4.61. The van der Waals surface area contributed by atoms with Gasteiger partial charge in [0, 0.05) is 18.0 Å². The van der Waals surface area contributed by atoms with Crippen molar-refractivity contribution in [3.8, 4) is 0 Å². The van der Waals surface area contributed by atoms with Gasteiger partial charge in [0.05, 0.1) is 21.8 Å². The van der Waals surface area contributed by atoms with Gasteiger partial charge in [-0.15, -0.1) is 11.3 Å². The van der Waals surface area contributed by atoms with E-state index in [-0.39, 0.29) is 11.8 Å². The molecule has 0 saturated carbocycles. The third-order valence-electron chi connectivity index (χ3n) is 4.88. The molecule has 5 rings (SSSR count). The van der Waals surface area contributed by atoms with Crippen molar-refractivity contribution >= 4 is 49.1 Å². The van der Waals surface area contributed by atoms with E-state index in [4.69, 9.17) is 0 Å². The summed E-state index contributed by atoms with van der Waals surface area (Å²) >= 11 is 3.34. The minimum absolute atomic E-state index is 0.0212. The highest BCUT2D eigenvalue weighted by Crippen LogP contribution is 2.34. The van der Waals surface area contributed by atoms with E-state index >= 15 is 0 Å². The Morgan fingerprint density at radius 3 is 2.80 bits per heavy atom. The van der Waals surface area contributed by atoms with E-state index in [2.05, 4.69) is 26.3 Å². The van der Waals surface area contributed by atoms with Crippen molar-refractivity contribution in [2.45, 2.75) is 25.7 Å². The third kappa shape index (κ3) is 2.81. The molecule has 1 fully saturated rings. The first kappa shape index (κ1) is 15.3. The smallest absolute Gasteiger partial charge is 0.232 e. The second-order valence-electron chi connectivity index (χ2n) is 6.65. The number of nitrogens with one attached hydrogen (secondary N) is 1. The number of fused-ring (bicyclic) bond motifs is 2. The zero-order valence-corrected chi connectivity index (χ0v) is 15.3. The zero-order chi connectivity index (χ0) is 16.8. The number of hydrogen-bond acceptors (Lipinski definition) is 6. The lowest BCUT2D eigenvalue weighted by Crippen LogP contribution is -2.52. The average molecular weight is 371 g/mol. The Balaban J connectivity index is 1.22. The van der Waals surface area contributed by atoms with Crippen LogP contribution in [0.5, 0.6) is 0 Å². The number of nitrogens with zero attached hydrogens (tertiary/aromatic N) is 3. The SMILES string of the molecule is O=C(Nc1nc2c(s1)CCCC2)C1CN(c2nc3ccccc3s2)C1. The maximum atomic E-state index is 12.5. The average Bonchev–Trinajstić information content (AvgIpc) is 3.15. The van der Waals surface area contributed by atoms with Gasteiger partial charge in [-0.05, 0) is 37.8 Å². The van der Waals surface area contributed by atoms with Gasteiger partial charge in [-0.25, -0.2) is 9.97 Å². The van der Waals surface area contributed by atoms with Gasteiger partial charge < -0.3 is 10.2 Å². The molecule has 0 radical (unpaired) electrons. The van der Waals surface area contributed by atoms with E-state index in [1.807, 2.05) is 18.2 Å². The zero-order valence-electron chi connectivity index (χ0n) is 13.7. The van der Waals surface area contributed by atoms with Crippen molar-refractivity contribution in [1.29, 1.82) is 0 Å². The van der Waals surface area contributed by atoms with Crippen LogP contribution in [0.25, 0.3) is 10.2 Å². The molecule has 3 aromatic rings. The Morgan fingerprint density at radius 1 is 1.12 bits per heavy atom. The number of rotatable bonds is 3. The lowest BCUT2D eigenvalue weighted by atomic mass is 10.0. The lowest BCUT2D eigenvalue weighted by Gasteiger charge is -2.37. The number of anilines is 2. The molecule has 128 valence electrons. The molecule has 2 aromatic heterocycles. The number of amides is 1. The second-order valence-corrected chi connectivity index (χ2v) is 8.74. The Kier molecular flexibility index (Phi) is 3.71. The quantitative estimate of drug-likeness (QED) is 0.764. The molecule has 1 aromatic carbocycles. The number of para-hydroxylation sites is 1. The molecule has 1 saturated heterocycles. The minimum atomic E-state index is 0.0212. The van der Waals surface area contributed by atoms with E-state index in [9.17, 15) is 4.79 Å². The third-order valence-corrected chi connectivity index (χ3v) is 7.05. The number of thiazole rings is 2. The van der Waals surface area contributed by atoms with Crippen LogP contribution in [0.3, 0.4) is 0 Å². The number of hydrogen-bond donors (Lipinski definition) is 1. The van der Waals surface area contributed by atoms with E-state index < -0.39 is 0 Å². The number of aromatic nitrogens is 2.